The molecule has 0 heterocycles. The van der Waals surface area contributed by atoms with Crippen LogP contribution in [0, 0.1) is 17.0 Å². The van der Waals surface area contributed by atoms with Crippen LogP contribution in [0.4, 0.5) is 11.4 Å². The summed E-state index contributed by atoms with van der Waals surface area (Å²) in [5.74, 6) is -0.742. The van der Waals surface area contributed by atoms with Crippen LogP contribution in [-0.4, -0.2) is 22.3 Å². The predicted molar refractivity (Wildman–Crippen MR) is 99.4 cm³/mol. The highest BCUT2D eigenvalue weighted by atomic mass is 16.6. The topological polar surface area (TPSA) is 101 Å². The number of aryl methyl sites for hydroxylation is 1. The first-order chi connectivity index (χ1) is 12.1. The van der Waals surface area contributed by atoms with Crippen molar-refractivity contribution in [3.8, 4) is 0 Å². The van der Waals surface area contributed by atoms with Crippen molar-refractivity contribution >= 4 is 23.2 Å². The number of nitrogens with zero attached hydrogens (tertiary/aromatic N) is 1. The number of nitrogens with one attached hydrogen (secondary N) is 2. The first-order valence-electron chi connectivity index (χ1n) is 8.06. The Balaban J connectivity index is 2.27. The number of carbonyl (C=O) groups is 2. The number of non-ortho nitro benzene ring substituents is 1. The summed E-state index contributed by atoms with van der Waals surface area (Å²) in [7, 11) is 0. The van der Waals surface area contributed by atoms with Crippen LogP contribution in [-0.2, 0) is 0 Å². The van der Waals surface area contributed by atoms with Gasteiger partial charge in [0.25, 0.3) is 17.5 Å². The lowest BCUT2D eigenvalue weighted by Gasteiger charge is -2.22. The van der Waals surface area contributed by atoms with E-state index in [2.05, 4.69) is 10.6 Å². The summed E-state index contributed by atoms with van der Waals surface area (Å²) in [5.41, 5.74) is 1.37. The van der Waals surface area contributed by atoms with Gasteiger partial charge in [0, 0.05) is 23.2 Å². The molecule has 0 aliphatic rings. The molecular formula is C19H21N3O4. The van der Waals surface area contributed by atoms with Crippen LogP contribution in [0.3, 0.4) is 0 Å². The molecule has 0 saturated carbocycles. The number of nitro groups is 1. The Morgan fingerprint density at radius 2 is 1.62 bits per heavy atom. The molecule has 0 fully saturated rings. The molecule has 2 aromatic carbocycles. The summed E-state index contributed by atoms with van der Waals surface area (Å²) in [6.45, 7) is 7.47. The van der Waals surface area contributed by atoms with Gasteiger partial charge in [-0.1, -0.05) is 11.6 Å². The second-order valence-electron chi connectivity index (χ2n) is 7.01. The predicted octanol–water partition coefficient (Wildman–Crippen LogP) is 3.68. The third-order valence-corrected chi connectivity index (χ3v) is 3.50. The Hall–Kier alpha value is -3.22. The van der Waals surface area contributed by atoms with Gasteiger partial charge in [0.2, 0.25) is 0 Å². The van der Waals surface area contributed by atoms with E-state index >= 15 is 0 Å². The van der Waals surface area contributed by atoms with E-state index in [1.165, 1.54) is 24.3 Å². The van der Waals surface area contributed by atoms with E-state index in [1.54, 1.807) is 18.2 Å². The lowest BCUT2D eigenvalue weighted by atomic mass is 10.0. The Morgan fingerprint density at radius 3 is 2.15 bits per heavy atom. The van der Waals surface area contributed by atoms with Crippen molar-refractivity contribution in [2.45, 2.75) is 33.2 Å². The van der Waals surface area contributed by atoms with Crippen LogP contribution in [0.5, 0.6) is 0 Å². The smallest absolute Gasteiger partial charge is 0.269 e. The van der Waals surface area contributed by atoms with Gasteiger partial charge in [-0.25, -0.2) is 0 Å². The average Bonchev–Trinajstić information content (AvgIpc) is 2.54. The van der Waals surface area contributed by atoms with Gasteiger partial charge in [-0.15, -0.1) is 0 Å². The fourth-order valence-electron chi connectivity index (χ4n) is 2.29. The van der Waals surface area contributed by atoms with Crippen LogP contribution < -0.4 is 10.6 Å². The molecule has 0 radical (unpaired) electrons. The number of nitro benzene ring substituents is 1. The summed E-state index contributed by atoms with van der Waals surface area (Å²) in [4.78, 5) is 35.1. The normalized spacial score (nSPS) is 10.9. The van der Waals surface area contributed by atoms with E-state index in [1.807, 2.05) is 27.7 Å². The molecule has 0 unspecified atom stereocenters. The van der Waals surface area contributed by atoms with E-state index in [4.69, 9.17) is 0 Å². The average molecular weight is 355 g/mol. The zero-order valence-corrected chi connectivity index (χ0v) is 15.1. The maximum Gasteiger partial charge on any atom is 0.269 e. The van der Waals surface area contributed by atoms with Gasteiger partial charge in [0.05, 0.1) is 16.2 Å². The molecule has 2 rings (SSSR count). The highest BCUT2D eigenvalue weighted by Crippen LogP contribution is 2.20. The number of carbonyl (C=O) groups excluding carboxylic acids is 2. The summed E-state index contributed by atoms with van der Waals surface area (Å²) < 4.78 is 0. The lowest BCUT2D eigenvalue weighted by molar-refractivity contribution is -0.384. The van der Waals surface area contributed by atoms with Gasteiger partial charge in [-0.05, 0) is 52.0 Å². The molecule has 2 aromatic rings. The molecule has 0 aliphatic carbocycles. The van der Waals surface area contributed by atoms with Crippen molar-refractivity contribution in [1.29, 1.82) is 0 Å². The first kappa shape index (κ1) is 19.1. The van der Waals surface area contributed by atoms with E-state index < -0.39 is 16.4 Å². The fraction of sp³-hybridized carbons (Fsp3) is 0.263. The molecule has 0 aliphatic heterocycles. The molecule has 136 valence electrons. The molecular weight excluding hydrogens is 334 g/mol. The van der Waals surface area contributed by atoms with Crippen LogP contribution in [0.15, 0.2) is 42.5 Å². The summed E-state index contributed by atoms with van der Waals surface area (Å²) in [5, 5.41) is 16.3. The third kappa shape index (κ3) is 4.89. The van der Waals surface area contributed by atoms with Crippen molar-refractivity contribution in [2.24, 2.45) is 0 Å². The zero-order valence-electron chi connectivity index (χ0n) is 15.1. The van der Waals surface area contributed by atoms with Crippen LogP contribution in [0.25, 0.3) is 0 Å². The van der Waals surface area contributed by atoms with E-state index in [-0.39, 0.29) is 17.2 Å². The number of benzene rings is 2. The minimum Gasteiger partial charge on any atom is -0.347 e. The maximum absolute atomic E-state index is 12.5. The van der Waals surface area contributed by atoms with Gasteiger partial charge < -0.3 is 10.6 Å². The SMILES string of the molecule is Cc1ccc(NC(=O)c2ccc([N+](=O)[O-])cc2)c(C(=O)NC(C)(C)C)c1. The summed E-state index contributed by atoms with van der Waals surface area (Å²) in [6.07, 6.45) is 0. The Morgan fingerprint density at radius 1 is 1.00 bits per heavy atom. The largest absolute Gasteiger partial charge is 0.347 e. The van der Waals surface area contributed by atoms with Gasteiger partial charge in [-0.2, -0.15) is 0 Å². The number of rotatable bonds is 4. The summed E-state index contributed by atoms with van der Waals surface area (Å²) in [6, 6.07) is 10.4. The zero-order chi connectivity index (χ0) is 19.5. The molecule has 2 amide bonds. The van der Waals surface area contributed by atoms with Gasteiger partial charge >= 0.3 is 0 Å². The maximum atomic E-state index is 12.5. The summed E-state index contributed by atoms with van der Waals surface area (Å²) >= 11 is 0. The van der Waals surface area contributed by atoms with Crippen molar-refractivity contribution < 1.29 is 14.5 Å². The van der Waals surface area contributed by atoms with E-state index in [9.17, 15) is 19.7 Å². The number of hydrogen-bond acceptors (Lipinski definition) is 4. The number of amides is 2. The molecule has 0 aromatic heterocycles. The molecule has 0 saturated heterocycles. The van der Waals surface area contributed by atoms with Crippen LogP contribution in [0.1, 0.15) is 47.1 Å². The van der Waals surface area contributed by atoms with Crippen LogP contribution >= 0.6 is 0 Å². The van der Waals surface area contributed by atoms with Gasteiger partial charge in [0.15, 0.2) is 0 Å². The third-order valence-electron chi connectivity index (χ3n) is 3.50. The molecule has 2 N–H and O–H groups in total. The second kappa shape index (κ2) is 7.35. The minimum absolute atomic E-state index is 0.0953. The van der Waals surface area contributed by atoms with E-state index in [0.717, 1.165) is 5.56 Å². The van der Waals surface area contributed by atoms with Crippen molar-refractivity contribution in [3.05, 3.63) is 69.3 Å². The van der Waals surface area contributed by atoms with Crippen molar-refractivity contribution in [2.75, 3.05) is 5.32 Å². The molecule has 7 heteroatoms. The Bertz CT molecular complexity index is 852. The standard InChI is InChI=1S/C19H21N3O4/c1-12-5-10-16(15(11-12)18(24)21-19(2,3)4)20-17(23)13-6-8-14(9-7-13)22(25)26/h5-11H,1-4H3,(H,20,23)(H,21,24). The van der Waals surface area contributed by atoms with Gasteiger partial charge in [-0.3, -0.25) is 19.7 Å². The monoisotopic (exact) mass is 355 g/mol. The Labute approximate surface area is 151 Å². The van der Waals surface area contributed by atoms with Crippen molar-refractivity contribution in [3.63, 3.8) is 0 Å². The first-order valence-corrected chi connectivity index (χ1v) is 8.06. The molecule has 7 nitrogen and oxygen atoms in total. The van der Waals surface area contributed by atoms with Crippen LogP contribution in [0.2, 0.25) is 0 Å². The highest BCUT2D eigenvalue weighted by Gasteiger charge is 2.19. The minimum atomic E-state index is -0.531. The quantitative estimate of drug-likeness (QED) is 0.645. The molecule has 0 spiro atoms. The number of hydrogen-bond donors (Lipinski definition) is 2. The van der Waals surface area contributed by atoms with E-state index in [0.29, 0.717) is 11.3 Å². The van der Waals surface area contributed by atoms with Crippen molar-refractivity contribution in [1.82, 2.24) is 5.32 Å². The second-order valence-corrected chi connectivity index (χ2v) is 7.01. The lowest BCUT2D eigenvalue weighted by Crippen LogP contribution is -2.41. The molecule has 26 heavy (non-hydrogen) atoms. The molecule has 0 atom stereocenters. The van der Waals surface area contributed by atoms with Gasteiger partial charge in [0.1, 0.15) is 0 Å². The highest BCUT2D eigenvalue weighted by molar-refractivity contribution is 6.09. The Kier molecular flexibility index (Phi) is 5.40. The number of anilines is 1. The fourth-order valence-corrected chi connectivity index (χ4v) is 2.29. The molecule has 0 bridgehead atoms.